The molecule has 2 aromatic carbocycles. The highest BCUT2D eigenvalue weighted by molar-refractivity contribution is 7.11. The normalized spacial score (nSPS) is 10.8. The summed E-state index contributed by atoms with van der Waals surface area (Å²) in [6.45, 7) is 0.280. The predicted octanol–water partition coefficient (Wildman–Crippen LogP) is 4.74. The summed E-state index contributed by atoms with van der Waals surface area (Å²) in [7, 11) is 0. The Morgan fingerprint density at radius 3 is 2.72 bits per heavy atom. The zero-order valence-electron chi connectivity index (χ0n) is 13.2. The standard InChI is InChI=1S/C19H15ClN2O2S/c20-17-9-3-1-6-14(17)13-24-18-10-4-2-8-16(18)19(23)22-21-12-15-7-5-11-25-15/h1-12H,13H2,(H,22,23)/b21-12+. The molecule has 0 aliphatic heterocycles. The molecule has 1 amide bonds. The van der Waals surface area contributed by atoms with Crippen LogP contribution in [0, 0.1) is 0 Å². The van der Waals surface area contributed by atoms with Gasteiger partial charge in [-0.05, 0) is 29.6 Å². The number of halogens is 1. The van der Waals surface area contributed by atoms with Crippen molar-refractivity contribution in [1.82, 2.24) is 5.43 Å². The molecule has 126 valence electrons. The van der Waals surface area contributed by atoms with E-state index in [0.29, 0.717) is 16.3 Å². The number of nitrogens with one attached hydrogen (secondary N) is 1. The van der Waals surface area contributed by atoms with E-state index in [0.717, 1.165) is 10.4 Å². The maximum absolute atomic E-state index is 12.3. The van der Waals surface area contributed by atoms with Gasteiger partial charge in [0.2, 0.25) is 0 Å². The smallest absolute Gasteiger partial charge is 0.275 e. The van der Waals surface area contributed by atoms with Crippen LogP contribution >= 0.6 is 22.9 Å². The van der Waals surface area contributed by atoms with Crippen LogP contribution in [0.1, 0.15) is 20.8 Å². The molecule has 0 saturated carbocycles. The fourth-order valence-corrected chi connectivity index (χ4v) is 2.91. The molecule has 0 fully saturated rings. The lowest BCUT2D eigenvalue weighted by atomic mass is 10.2. The molecular formula is C19H15ClN2O2S. The first-order valence-corrected chi connectivity index (χ1v) is 8.82. The molecule has 0 unspecified atom stereocenters. The summed E-state index contributed by atoms with van der Waals surface area (Å²) in [4.78, 5) is 13.3. The van der Waals surface area contributed by atoms with Gasteiger partial charge in [-0.15, -0.1) is 11.3 Å². The van der Waals surface area contributed by atoms with E-state index in [-0.39, 0.29) is 12.5 Å². The Labute approximate surface area is 154 Å². The largest absolute Gasteiger partial charge is 0.488 e. The van der Waals surface area contributed by atoms with Gasteiger partial charge >= 0.3 is 0 Å². The number of carbonyl (C=O) groups is 1. The third-order valence-corrected chi connectivity index (χ3v) is 4.55. The summed E-state index contributed by atoms with van der Waals surface area (Å²) in [5.41, 5.74) is 3.79. The number of benzene rings is 2. The van der Waals surface area contributed by atoms with Gasteiger partial charge in [0, 0.05) is 15.5 Å². The second-order valence-electron chi connectivity index (χ2n) is 5.09. The molecule has 3 aromatic rings. The van der Waals surface area contributed by atoms with E-state index in [1.807, 2.05) is 41.8 Å². The van der Waals surface area contributed by atoms with Crippen molar-refractivity contribution in [1.29, 1.82) is 0 Å². The maximum Gasteiger partial charge on any atom is 0.275 e. The molecule has 25 heavy (non-hydrogen) atoms. The van der Waals surface area contributed by atoms with Gasteiger partial charge in [-0.1, -0.05) is 48.0 Å². The van der Waals surface area contributed by atoms with Crippen LogP contribution in [-0.2, 0) is 6.61 Å². The monoisotopic (exact) mass is 370 g/mol. The highest BCUT2D eigenvalue weighted by Crippen LogP contribution is 2.22. The van der Waals surface area contributed by atoms with Crippen molar-refractivity contribution in [3.8, 4) is 5.75 Å². The van der Waals surface area contributed by atoms with Gasteiger partial charge in [0.1, 0.15) is 12.4 Å². The van der Waals surface area contributed by atoms with Crippen LogP contribution in [0.5, 0.6) is 5.75 Å². The van der Waals surface area contributed by atoms with Crippen LogP contribution < -0.4 is 10.2 Å². The Kier molecular flexibility index (Phi) is 5.82. The third-order valence-electron chi connectivity index (χ3n) is 3.37. The molecule has 0 bridgehead atoms. The zero-order valence-corrected chi connectivity index (χ0v) is 14.8. The Morgan fingerprint density at radius 1 is 1.12 bits per heavy atom. The molecule has 0 aliphatic rings. The molecule has 0 aliphatic carbocycles. The van der Waals surface area contributed by atoms with Gasteiger partial charge in [-0.2, -0.15) is 5.10 Å². The van der Waals surface area contributed by atoms with Gasteiger partial charge in [0.25, 0.3) is 5.91 Å². The van der Waals surface area contributed by atoms with Crippen LogP contribution in [0.2, 0.25) is 5.02 Å². The second-order valence-corrected chi connectivity index (χ2v) is 6.48. The average molecular weight is 371 g/mol. The van der Waals surface area contributed by atoms with Gasteiger partial charge < -0.3 is 4.74 Å². The van der Waals surface area contributed by atoms with Crippen LogP contribution in [0.4, 0.5) is 0 Å². The summed E-state index contributed by atoms with van der Waals surface area (Å²) in [5.74, 6) is 0.147. The molecular weight excluding hydrogens is 356 g/mol. The van der Waals surface area contributed by atoms with E-state index in [1.165, 1.54) is 0 Å². The van der Waals surface area contributed by atoms with E-state index >= 15 is 0 Å². The number of ether oxygens (including phenoxy) is 1. The fourth-order valence-electron chi connectivity index (χ4n) is 2.13. The minimum atomic E-state index is -0.331. The Hall–Kier alpha value is -2.63. The molecule has 6 heteroatoms. The first kappa shape index (κ1) is 17.2. The van der Waals surface area contributed by atoms with Crippen LogP contribution in [0.25, 0.3) is 0 Å². The van der Waals surface area contributed by atoms with Crippen LogP contribution in [-0.4, -0.2) is 12.1 Å². The number of rotatable bonds is 6. The first-order valence-electron chi connectivity index (χ1n) is 7.56. The molecule has 0 saturated heterocycles. The lowest BCUT2D eigenvalue weighted by molar-refractivity contribution is 0.0950. The molecule has 1 heterocycles. The topological polar surface area (TPSA) is 50.7 Å². The fraction of sp³-hybridized carbons (Fsp3) is 0.0526. The SMILES string of the molecule is O=C(N/N=C/c1cccs1)c1ccccc1OCc1ccccc1Cl. The lowest BCUT2D eigenvalue weighted by Gasteiger charge is -2.11. The van der Waals surface area contributed by atoms with Crippen molar-refractivity contribution < 1.29 is 9.53 Å². The summed E-state index contributed by atoms with van der Waals surface area (Å²) in [6.07, 6.45) is 1.61. The van der Waals surface area contributed by atoms with Crippen LogP contribution in [0.15, 0.2) is 71.1 Å². The van der Waals surface area contributed by atoms with Crippen molar-refractivity contribution in [3.63, 3.8) is 0 Å². The summed E-state index contributed by atoms with van der Waals surface area (Å²) in [6, 6.07) is 18.3. The van der Waals surface area contributed by atoms with Gasteiger partial charge in [0.15, 0.2) is 0 Å². The molecule has 0 spiro atoms. The number of hydrazone groups is 1. The molecule has 1 aromatic heterocycles. The number of para-hydroxylation sites is 1. The van der Waals surface area contributed by atoms with Crippen molar-refractivity contribution in [2.75, 3.05) is 0 Å². The summed E-state index contributed by atoms with van der Waals surface area (Å²) in [5, 5.41) is 6.55. The third kappa shape index (κ3) is 4.68. The first-order chi connectivity index (χ1) is 12.2. The number of carbonyl (C=O) groups excluding carboxylic acids is 1. The minimum absolute atomic E-state index is 0.280. The van der Waals surface area contributed by atoms with Gasteiger partial charge in [0.05, 0.1) is 11.8 Å². The highest BCUT2D eigenvalue weighted by Gasteiger charge is 2.12. The molecule has 1 N–H and O–H groups in total. The van der Waals surface area contributed by atoms with E-state index in [4.69, 9.17) is 16.3 Å². The summed E-state index contributed by atoms with van der Waals surface area (Å²) < 4.78 is 5.78. The van der Waals surface area contributed by atoms with Crippen molar-refractivity contribution >= 4 is 35.1 Å². The highest BCUT2D eigenvalue weighted by atomic mass is 35.5. The maximum atomic E-state index is 12.3. The number of hydrogen-bond acceptors (Lipinski definition) is 4. The van der Waals surface area contributed by atoms with E-state index in [9.17, 15) is 4.79 Å². The molecule has 4 nitrogen and oxygen atoms in total. The minimum Gasteiger partial charge on any atom is -0.488 e. The van der Waals surface area contributed by atoms with E-state index < -0.39 is 0 Å². The Balaban J connectivity index is 1.67. The van der Waals surface area contributed by atoms with Crippen molar-refractivity contribution in [2.24, 2.45) is 5.10 Å². The number of nitrogens with zero attached hydrogens (tertiary/aromatic N) is 1. The van der Waals surface area contributed by atoms with Crippen molar-refractivity contribution in [3.05, 3.63) is 87.1 Å². The molecule has 3 rings (SSSR count). The molecule has 0 radical (unpaired) electrons. The Bertz CT molecular complexity index is 879. The number of amides is 1. The quantitative estimate of drug-likeness (QED) is 0.503. The summed E-state index contributed by atoms with van der Waals surface area (Å²) >= 11 is 7.68. The van der Waals surface area contributed by atoms with E-state index in [1.54, 1.807) is 41.8 Å². The average Bonchev–Trinajstić information content (AvgIpc) is 3.15. The van der Waals surface area contributed by atoms with Crippen molar-refractivity contribution in [2.45, 2.75) is 6.61 Å². The second kappa shape index (κ2) is 8.46. The van der Waals surface area contributed by atoms with Crippen LogP contribution in [0.3, 0.4) is 0 Å². The number of hydrogen-bond donors (Lipinski definition) is 1. The predicted molar refractivity (Wildman–Crippen MR) is 102 cm³/mol. The lowest BCUT2D eigenvalue weighted by Crippen LogP contribution is -2.18. The zero-order chi connectivity index (χ0) is 17.5. The van der Waals surface area contributed by atoms with Gasteiger partial charge in [-0.3, -0.25) is 4.79 Å². The Morgan fingerprint density at radius 2 is 1.92 bits per heavy atom. The van der Waals surface area contributed by atoms with Gasteiger partial charge in [-0.25, -0.2) is 5.43 Å². The molecule has 0 atom stereocenters. The number of thiophene rings is 1. The van der Waals surface area contributed by atoms with E-state index in [2.05, 4.69) is 10.5 Å².